The average molecular weight is 253 g/mol. The molecule has 0 bridgehead atoms. The van der Waals surface area contributed by atoms with Crippen molar-refractivity contribution in [1.29, 1.82) is 0 Å². The van der Waals surface area contributed by atoms with E-state index in [2.05, 4.69) is 11.9 Å². The lowest BCUT2D eigenvalue weighted by atomic mass is 10.1. The second-order valence-corrected chi connectivity index (χ2v) is 4.12. The fourth-order valence-corrected chi connectivity index (χ4v) is 1.90. The minimum Gasteiger partial charge on any atom is -0.478 e. The molecule has 0 heterocycles. The summed E-state index contributed by atoms with van der Waals surface area (Å²) in [6.07, 6.45) is 1.76. The molecule has 0 aliphatic heterocycles. The van der Waals surface area contributed by atoms with Crippen molar-refractivity contribution in [1.82, 2.24) is 0 Å². The van der Waals surface area contributed by atoms with E-state index in [9.17, 15) is 4.79 Å². The van der Waals surface area contributed by atoms with E-state index in [0.29, 0.717) is 5.69 Å². The molecule has 2 aromatic rings. The van der Waals surface area contributed by atoms with Gasteiger partial charge in [-0.25, -0.2) is 4.79 Å². The minimum absolute atomic E-state index is 0.123. The van der Waals surface area contributed by atoms with Crippen LogP contribution in [-0.2, 0) is 0 Å². The fourth-order valence-electron chi connectivity index (χ4n) is 1.90. The van der Waals surface area contributed by atoms with Gasteiger partial charge in [-0.3, -0.25) is 0 Å². The predicted molar refractivity (Wildman–Crippen MR) is 76.4 cm³/mol. The Kier molecular flexibility index (Phi) is 3.98. The van der Waals surface area contributed by atoms with E-state index in [1.807, 2.05) is 30.3 Å². The molecule has 1 atom stereocenters. The van der Waals surface area contributed by atoms with Crippen LogP contribution >= 0.6 is 0 Å². The zero-order valence-electron chi connectivity index (χ0n) is 10.4. The molecule has 3 nitrogen and oxygen atoms in total. The summed E-state index contributed by atoms with van der Waals surface area (Å²) in [5, 5.41) is 12.4. The number of para-hydroxylation sites is 1. The van der Waals surface area contributed by atoms with Crippen LogP contribution in [0.4, 0.5) is 5.69 Å². The normalized spacial score (nSPS) is 11.6. The second kappa shape index (κ2) is 5.87. The van der Waals surface area contributed by atoms with Crippen molar-refractivity contribution >= 4 is 11.7 Å². The van der Waals surface area contributed by atoms with E-state index in [1.165, 1.54) is 0 Å². The standard InChI is InChI=1S/C16H15NO2/c1-2-14(12-8-4-3-5-9-12)17-15-11-7-6-10-13(15)16(18)19/h2-11,14,17H,1H2,(H,18,19). The third kappa shape index (κ3) is 3.01. The molecule has 2 rings (SSSR count). The second-order valence-electron chi connectivity index (χ2n) is 4.12. The van der Waals surface area contributed by atoms with Crippen LogP contribution in [0.2, 0.25) is 0 Å². The summed E-state index contributed by atoms with van der Waals surface area (Å²) in [6, 6.07) is 16.5. The van der Waals surface area contributed by atoms with E-state index in [0.717, 1.165) is 5.56 Å². The molecule has 0 saturated heterocycles. The maximum Gasteiger partial charge on any atom is 0.337 e. The van der Waals surface area contributed by atoms with Gasteiger partial charge in [-0.15, -0.1) is 6.58 Å². The Morgan fingerprint density at radius 3 is 2.37 bits per heavy atom. The fraction of sp³-hybridized carbons (Fsp3) is 0.0625. The van der Waals surface area contributed by atoms with E-state index in [-0.39, 0.29) is 11.6 Å². The number of rotatable bonds is 5. The van der Waals surface area contributed by atoms with Gasteiger partial charge < -0.3 is 10.4 Å². The summed E-state index contributed by atoms with van der Waals surface area (Å²) in [4.78, 5) is 11.2. The summed E-state index contributed by atoms with van der Waals surface area (Å²) >= 11 is 0. The number of carbonyl (C=O) groups is 1. The van der Waals surface area contributed by atoms with Crippen LogP contribution in [0.25, 0.3) is 0 Å². The summed E-state index contributed by atoms with van der Waals surface area (Å²) in [7, 11) is 0. The number of carboxylic acid groups (broad SMARTS) is 1. The Balaban J connectivity index is 2.29. The summed E-state index contributed by atoms with van der Waals surface area (Å²) < 4.78 is 0. The van der Waals surface area contributed by atoms with Crippen LogP contribution < -0.4 is 5.32 Å². The van der Waals surface area contributed by atoms with Crippen molar-refractivity contribution in [3.05, 3.63) is 78.4 Å². The lowest BCUT2D eigenvalue weighted by Gasteiger charge is -2.18. The minimum atomic E-state index is -0.945. The third-order valence-corrected chi connectivity index (χ3v) is 2.86. The SMILES string of the molecule is C=CC(Nc1ccccc1C(=O)O)c1ccccc1. The van der Waals surface area contributed by atoms with Crippen LogP contribution in [0, 0.1) is 0 Å². The van der Waals surface area contributed by atoms with Gasteiger partial charge >= 0.3 is 5.97 Å². The number of aromatic carboxylic acids is 1. The molecule has 0 spiro atoms. The molecule has 1 unspecified atom stereocenters. The maximum atomic E-state index is 11.2. The van der Waals surface area contributed by atoms with E-state index >= 15 is 0 Å². The molecule has 3 heteroatoms. The summed E-state index contributed by atoms with van der Waals surface area (Å²) in [5.41, 5.74) is 1.88. The highest BCUT2D eigenvalue weighted by molar-refractivity contribution is 5.94. The largest absolute Gasteiger partial charge is 0.478 e. The molecule has 0 aliphatic carbocycles. The number of anilines is 1. The monoisotopic (exact) mass is 253 g/mol. The molecule has 2 aromatic carbocycles. The number of benzene rings is 2. The lowest BCUT2D eigenvalue weighted by Crippen LogP contribution is -2.11. The van der Waals surface area contributed by atoms with E-state index < -0.39 is 5.97 Å². The van der Waals surface area contributed by atoms with Crippen molar-refractivity contribution in [3.8, 4) is 0 Å². The first kappa shape index (κ1) is 12.9. The quantitative estimate of drug-likeness (QED) is 0.798. The van der Waals surface area contributed by atoms with Crippen LogP contribution in [0.15, 0.2) is 67.3 Å². The highest BCUT2D eigenvalue weighted by atomic mass is 16.4. The first-order valence-electron chi connectivity index (χ1n) is 5.98. The molecule has 0 radical (unpaired) electrons. The van der Waals surface area contributed by atoms with Crippen LogP contribution in [0.3, 0.4) is 0 Å². The molecule has 0 aliphatic rings. The molecule has 19 heavy (non-hydrogen) atoms. The van der Waals surface area contributed by atoms with Crippen molar-refractivity contribution in [2.45, 2.75) is 6.04 Å². The molecule has 0 saturated carbocycles. The smallest absolute Gasteiger partial charge is 0.337 e. The Hall–Kier alpha value is -2.55. The van der Waals surface area contributed by atoms with E-state index in [1.54, 1.807) is 30.3 Å². The van der Waals surface area contributed by atoms with Gasteiger partial charge in [0.2, 0.25) is 0 Å². The maximum absolute atomic E-state index is 11.2. The zero-order valence-corrected chi connectivity index (χ0v) is 10.4. The highest BCUT2D eigenvalue weighted by Crippen LogP contribution is 2.23. The predicted octanol–water partition coefficient (Wildman–Crippen LogP) is 3.72. The highest BCUT2D eigenvalue weighted by Gasteiger charge is 2.12. The molecule has 0 amide bonds. The van der Waals surface area contributed by atoms with Gasteiger partial charge in [0.25, 0.3) is 0 Å². The average Bonchev–Trinajstić information content (AvgIpc) is 2.46. The zero-order chi connectivity index (χ0) is 13.7. The van der Waals surface area contributed by atoms with Gasteiger partial charge in [-0.1, -0.05) is 48.5 Å². The first-order valence-corrected chi connectivity index (χ1v) is 5.98. The Morgan fingerprint density at radius 2 is 1.74 bits per heavy atom. The van der Waals surface area contributed by atoms with Crippen molar-refractivity contribution < 1.29 is 9.90 Å². The van der Waals surface area contributed by atoms with Gasteiger partial charge in [0.05, 0.1) is 11.6 Å². The van der Waals surface area contributed by atoms with Crippen molar-refractivity contribution in [2.24, 2.45) is 0 Å². The van der Waals surface area contributed by atoms with Crippen LogP contribution in [0.5, 0.6) is 0 Å². The Labute approximate surface area is 112 Å². The Morgan fingerprint density at radius 1 is 1.11 bits per heavy atom. The van der Waals surface area contributed by atoms with Gasteiger partial charge in [-0.2, -0.15) is 0 Å². The van der Waals surface area contributed by atoms with Crippen molar-refractivity contribution in [3.63, 3.8) is 0 Å². The topological polar surface area (TPSA) is 49.3 Å². The molecular formula is C16H15NO2. The third-order valence-electron chi connectivity index (χ3n) is 2.86. The Bertz CT molecular complexity index is 578. The number of carboxylic acids is 1. The molecule has 0 fully saturated rings. The van der Waals surface area contributed by atoms with Gasteiger partial charge in [0.1, 0.15) is 0 Å². The molecule has 2 N–H and O–H groups in total. The number of hydrogen-bond acceptors (Lipinski definition) is 2. The van der Waals surface area contributed by atoms with Gasteiger partial charge in [0, 0.05) is 5.69 Å². The molecular weight excluding hydrogens is 238 g/mol. The van der Waals surface area contributed by atoms with Gasteiger partial charge in [0.15, 0.2) is 0 Å². The summed E-state index contributed by atoms with van der Waals surface area (Å²) in [5.74, 6) is -0.945. The number of hydrogen-bond donors (Lipinski definition) is 2. The van der Waals surface area contributed by atoms with Gasteiger partial charge in [-0.05, 0) is 17.7 Å². The van der Waals surface area contributed by atoms with E-state index in [4.69, 9.17) is 5.11 Å². The van der Waals surface area contributed by atoms with Crippen LogP contribution in [0.1, 0.15) is 22.0 Å². The number of nitrogens with one attached hydrogen (secondary N) is 1. The summed E-state index contributed by atoms with van der Waals surface area (Å²) in [6.45, 7) is 3.80. The first-order chi connectivity index (χ1) is 9.22. The lowest BCUT2D eigenvalue weighted by molar-refractivity contribution is 0.0698. The molecule has 96 valence electrons. The van der Waals surface area contributed by atoms with Crippen LogP contribution in [-0.4, -0.2) is 11.1 Å². The van der Waals surface area contributed by atoms with Crippen molar-refractivity contribution in [2.75, 3.05) is 5.32 Å². The molecule has 0 aromatic heterocycles.